The minimum absolute atomic E-state index is 0.0324. The van der Waals surface area contributed by atoms with E-state index in [1.165, 1.54) is 0 Å². The number of hydrogen-bond donors (Lipinski definition) is 0. The van der Waals surface area contributed by atoms with Crippen LogP contribution in [0.15, 0.2) is 42.5 Å². The highest BCUT2D eigenvalue weighted by Crippen LogP contribution is 2.35. The first kappa shape index (κ1) is 19.3. The highest BCUT2D eigenvalue weighted by molar-refractivity contribution is 6.36. The maximum absolute atomic E-state index is 13.3. The lowest BCUT2D eigenvalue weighted by atomic mass is 10.1. The smallest absolute Gasteiger partial charge is 0.273 e. The number of aromatic nitrogens is 2. The Bertz CT molecular complexity index is 1060. The number of nitrogens with zero attached hydrogens (tertiary/aromatic N) is 3. The minimum atomic E-state index is -0.0324. The van der Waals surface area contributed by atoms with Crippen LogP contribution in [0.5, 0.6) is 0 Å². The fraction of sp³-hybridized carbons (Fsp3) is 0.238. The Morgan fingerprint density at radius 2 is 1.68 bits per heavy atom. The van der Waals surface area contributed by atoms with Crippen LogP contribution in [0.2, 0.25) is 15.1 Å². The van der Waals surface area contributed by atoms with E-state index in [4.69, 9.17) is 39.8 Å². The number of benzene rings is 2. The Kier molecular flexibility index (Phi) is 5.13. The molecule has 28 heavy (non-hydrogen) atoms. The Balaban J connectivity index is 1.98. The van der Waals surface area contributed by atoms with Gasteiger partial charge >= 0.3 is 0 Å². The fourth-order valence-corrected chi connectivity index (χ4v) is 4.13. The average Bonchev–Trinajstić information content (AvgIpc) is 3.02. The molecular formula is C21H18Cl3N3O. The van der Waals surface area contributed by atoms with Gasteiger partial charge in [0.2, 0.25) is 0 Å². The molecule has 0 aliphatic carbocycles. The molecule has 1 aliphatic heterocycles. The maximum Gasteiger partial charge on any atom is 0.273 e. The summed E-state index contributed by atoms with van der Waals surface area (Å²) in [6, 6.07) is 12.7. The molecule has 1 amide bonds. The SMILES string of the molecule is CC(C)N1CCc2nc(-c3ccc(Cl)cc3Cl)n(-c3ccc(Cl)cc3)c2C1=O. The maximum atomic E-state index is 13.3. The van der Waals surface area contributed by atoms with E-state index in [9.17, 15) is 4.79 Å². The van der Waals surface area contributed by atoms with Crippen molar-refractivity contribution < 1.29 is 4.79 Å². The molecule has 0 saturated heterocycles. The average molecular weight is 435 g/mol. The summed E-state index contributed by atoms with van der Waals surface area (Å²) in [6.45, 7) is 4.68. The van der Waals surface area contributed by atoms with Gasteiger partial charge in [0.05, 0.1) is 10.7 Å². The van der Waals surface area contributed by atoms with Gasteiger partial charge in [-0.05, 0) is 56.3 Å². The summed E-state index contributed by atoms with van der Waals surface area (Å²) in [4.78, 5) is 20.0. The number of rotatable bonds is 3. The number of carbonyl (C=O) groups is 1. The topological polar surface area (TPSA) is 38.1 Å². The third-order valence-electron chi connectivity index (χ3n) is 4.88. The second kappa shape index (κ2) is 7.43. The number of amides is 1. The summed E-state index contributed by atoms with van der Waals surface area (Å²) in [5.74, 6) is 0.586. The Labute approximate surface area is 178 Å². The number of halogens is 3. The van der Waals surface area contributed by atoms with Gasteiger partial charge in [0.25, 0.3) is 5.91 Å². The normalized spacial score (nSPS) is 13.9. The molecule has 7 heteroatoms. The monoisotopic (exact) mass is 433 g/mol. The van der Waals surface area contributed by atoms with Crippen molar-refractivity contribution in [3.05, 3.63) is 68.9 Å². The van der Waals surface area contributed by atoms with Crippen molar-refractivity contribution in [1.82, 2.24) is 14.5 Å². The molecule has 2 heterocycles. The Morgan fingerprint density at radius 3 is 2.32 bits per heavy atom. The van der Waals surface area contributed by atoms with Crippen LogP contribution >= 0.6 is 34.8 Å². The number of hydrogen-bond acceptors (Lipinski definition) is 2. The Hall–Kier alpha value is -2.01. The van der Waals surface area contributed by atoms with Crippen molar-refractivity contribution in [2.75, 3.05) is 6.54 Å². The number of fused-ring (bicyclic) bond motifs is 1. The van der Waals surface area contributed by atoms with E-state index in [2.05, 4.69) is 0 Å². The van der Waals surface area contributed by atoms with Gasteiger partial charge in [-0.25, -0.2) is 4.98 Å². The van der Waals surface area contributed by atoms with Crippen molar-refractivity contribution in [3.63, 3.8) is 0 Å². The standard InChI is InChI=1S/C21H18Cl3N3O/c1-12(2)26-10-9-18-19(21(26)28)27(15-6-3-13(22)4-7-15)20(25-18)16-8-5-14(23)11-17(16)24/h3-8,11-12H,9-10H2,1-2H3. The zero-order valence-electron chi connectivity index (χ0n) is 15.4. The lowest BCUT2D eigenvalue weighted by Gasteiger charge is -2.30. The second-order valence-corrected chi connectivity index (χ2v) is 8.29. The predicted molar refractivity (Wildman–Crippen MR) is 114 cm³/mol. The highest BCUT2D eigenvalue weighted by Gasteiger charge is 2.33. The van der Waals surface area contributed by atoms with E-state index < -0.39 is 0 Å². The molecule has 0 spiro atoms. The van der Waals surface area contributed by atoms with E-state index >= 15 is 0 Å². The summed E-state index contributed by atoms with van der Waals surface area (Å²) in [5.41, 5.74) is 2.87. The molecule has 0 fully saturated rings. The van der Waals surface area contributed by atoms with Gasteiger partial charge in [-0.3, -0.25) is 9.36 Å². The lowest BCUT2D eigenvalue weighted by Crippen LogP contribution is -2.42. The molecule has 0 saturated carbocycles. The third-order valence-corrected chi connectivity index (χ3v) is 5.68. The fourth-order valence-electron chi connectivity index (χ4n) is 3.51. The van der Waals surface area contributed by atoms with Gasteiger partial charge in [0, 0.05) is 40.3 Å². The van der Waals surface area contributed by atoms with Gasteiger partial charge in [0.15, 0.2) is 0 Å². The number of imidazole rings is 1. The van der Waals surface area contributed by atoms with Crippen LogP contribution in [0.3, 0.4) is 0 Å². The zero-order chi connectivity index (χ0) is 20.0. The molecule has 144 valence electrons. The summed E-state index contributed by atoms with van der Waals surface area (Å²) in [6.07, 6.45) is 0.693. The van der Waals surface area contributed by atoms with E-state index in [0.717, 1.165) is 16.9 Å². The van der Waals surface area contributed by atoms with Crippen LogP contribution in [-0.2, 0) is 6.42 Å². The first-order valence-electron chi connectivity index (χ1n) is 9.00. The quantitative estimate of drug-likeness (QED) is 0.514. The summed E-state index contributed by atoms with van der Waals surface area (Å²) in [7, 11) is 0. The molecule has 0 radical (unpaired) electrons. The van der Waals surface area contributed by atoms with Crippen LogP contribution in [-0.4, -0.2) is 32.9 Å². The van der Waals surface area contributed by atoms with Crippen LogP contribution in [0.1, 0.15) is 30.0 Å². The first-order chi connectivity index (χ1) is 13.4. The molecule has 0 bridgehead atoms. The molecule has 0 N–H and O–H groups in total. The lowest BCUT2D eigenvalue weighted by molar-refractivity contribution is 0.0678. The van der Waals surface area contributed by atoms with Gasteiger partial charge < -0.3 is 4.90 Å². The van der Waals surface area contributed by atoms with Crippen LogP contribution in [0.4, 0.5) is 0 Å². The molecule has 3 aromatic rings. The van der Waals surface area contributed by atoms with Crippen molar-refractivity contribution >= 4 is 40.7 Å². The van der Waals surface area contributed by atoms with Crippen molar-refractivity contribution in [3.8, 4) is 17.1 Å². The van der Waals surface area contributed by atoms with Crippen LogP contribution < -0.4 is 0 Å². The molecule has 2 aromatic carbocycles. The summed E-state index contributed by atoms with van der Waals surface area (Å²) in [5, 5.41) is 1.65. The molecule has 0 unspecified atom stereocenters. The van der Waals surface area contributed by atoms with Crippen LogP contribution in [0, 0.1) is 0 Å². The zero-order valence-corrected chi connectivity index (χ0v) is 17.7. The van der Waals surface area contributed by atoms with E-state index in [0.29, 0.717) is 39.6 Å². The highest BCUT2D eigenvalue weighted by atomic mass is 35.5. The van der Waals surface area contributed by atoms with Crippen LogP contribution in [0.25, 0.3) is 17.1 Å². The molecule has 4 nitrogen and oxygen atoms in total. The predicted octanol–water partition coefficient (Wildman–Crippen LogP) is 5.91. The van der Waals surface area contributed by atoms with E-state index in [1.54, 1.807) is 24.3 Å². The van der Waals surface area contributed by atoms with E-state index in [-0.39, 0.29) is 11.9 Å². The third kappa shape index (κ3) is 3.30. The van der Waals surface area contributed by atoms with Crippen molar-refractivity contribution in [2.24, 2.45) is 0 Å². The summed E-state index contributed by atoms with van der Waals surface area (Å²) >= 11 is 18.6. The van der Waals surface area contributed by atoms with Gasteiger partial charge in [-0.2, -0.15) is 0 Å². The molecule has 1 aliphatic rings. The Morgan fingerprint density at radius 1 is 1.00 bits per heavy atom. The van der Waals surface area contributed by atoms with E-state index in [1.807, 2.05) is 41.5 Å². The minimum Gasteiger partial charge on any atom is -0.334 e. The van der Waals surface area contributed by atoms with Gasteiger partial charge in [-0.1, -0.05) is 34.8 Å². The molecule has 4 rings (SSSR count). The molecule has 0 atom stereocenters. The van der Waals surface area contributed by atoms with Gasteiger partial charge in [0.1, 0.15) is 11.5 Å². The number of carbonyl (C=O) groups excluding carboxylic acids is 1. The van der Waals surface area contributed by atoms with Crippen molar-refractivity contribution in [1.29, 1.82) is 0 Å². The summed E-state index contributed by atoms with van der Waals surface area (Å²) < 4.78 is 1.87. The van der Waals surface area contributed by atoms with Gasteiger partial charge in [-0.15, -0.1) is 0 Å². The molecule has 1 aromatic heterocycles. The molecular weight excluding hydrogens is 417 g/mol. The van der Waals surface area contributed by atoms with Crippen molar-refractivity contribution in [2.45, 2.75) is 26.3 Å². The first-order valence-corrected chi connectivity index (χ1v) is 10.1. The second-order valence-electron chi connectivity index (χ2n) is 7.01. The largest absolute Gasteiger partial charge is 0.334 e.